The highest BCUT2D eigenvalue weighted by Gasteiger charge is 2.17. The summed E-state index contributed by atoms with van der Waals surface area (Å²) < 4.78 is 31.8. The molecular formula is C13H17N3O3S. The van der Waals surface area contributed by atoms with Crippen LogP contribution in [0.4, 0.5) is 0 Å². The first-order valence-electron chi connectivity index (χ1n) is 6.24. The first-order chi connectivity index (χ1) is 9.62. The number of sulfonamides is 1. The second-order valence-electron chi connectivity index (χ2n) is 4.25. The summed E-state index contributed by atoms with van der Waals surface area (Å²) in [6.07, 6.45) is 3.96. The van der Waals surface area contributed by atoms with Crippen LogP contribution in [0, 0.1) is 0 Å². The highest BCUT2D eigenvalue weighted by atomic mass is 32.2. The maximum Gasteiger partial charge on any atom is 0.273 e. The number of hydrogen-bond acceptors (Lipinski definition) is 5. The molecule has 2 aromatic rings. The average molecular weight is 295 g/mol. The quantitative estimate of drug-likeness (QED) is 0.793. The fourth-order valence-corrected chi connectivity index (χ4v) is 2.70. The molecule has 0 radical (unpaired) electrons. The lowest BCUT2D eigenvalue weighted by Gasteiger charge is -2.04. The van der Waals surface area contributed by atoms with E-state index in [1.807, 2.05) is 12.1 Å². The molecule has 0 fully saturated rings. The molecule has 0 aliphatic rings. The number of nitrogens with one attached hydrogen (secondary N) is 2. The third-order valence-electron chi connectivity index (χ3n) is 2.71. The van der Waals surface area contributed by atoms with Crippen molar-refractivity contribution in [3.63, 3.8) is 0 Å². The lowest BCUT2D eigenvalue weighted by molar-refractivity contribution is 0.404. The molecule has 0 aliphatic heterocycles. The zero-order valence-electron chi connectivity index (χ0n) is 11.2. The molecule has 0 amide bonds. The van der Waals surface area contributed by atoms with Crippen LogP contribution < -0.4 is 10.0 Å². The molecule has 0 spiro atoms. The van der Waals surface area contributed by atoms with Crippen molar-refractivity contribution in [2.24, 2.45) is 0 Å². The fraction of sp³-hybridized carbons (Fsp3) is 0.308. The molecule has 2 heterocycles. The molecule has 20 heavy (non-hydrogen) atoms. The Morgan fingerprint density at radius 3 is 2.65 bits per heavy atom. The van der Waals surface area contributed by atoms with E-state index in [9.17, 15) is 8.42 Å². The number of nitrogens with zero attached hydrogens (tertiary/aromatic N) is 1. The lowest BCUT2D eigenvalue weighted by atomic mass is 10.2. The Kier molecular flexibility index (Phi) is 4.89. The Morgan fingerprint density at radius 1 is 1.20 bits per heavy atom. The molecule has 108 valence electrons. The number of furan rings is 1. The summed E-state index contributed by atoms with van der Waals surface area (Å²) in [5.74, 6) is 0.585. The molecule has 2 aromatic heterocycles. The Morgan fingerprint density at radius 2 is 1.95 bits per heavy atom. The van der Waals surface area contributed by atoms with Crippen LogP contribution >= 0.6 is 0 Å². The van der Waals surface area contributed by atoms with Crippen molar-refractivity contribution in [1.29, 1.82) is 0 Å². The predicted molar refractivity (Wildman–Crippen MR) is 74.6 cm³/mol. The summed E-state index contributed by atoms with van der Waals surface area (Å²) in [4.78, 5) is 3.91. The second-order valence-corrected chi connectivity index (χ2v) is 5.95. The molecule has 0 aromatic carbocycles. The molecule has 2 rings (SSSR count). The monoisotopic (exact) mass is 295 g/mol. The summed E-state index contributed by atoms with van der Waals surface area (Å²) >= 11 is 0. The van der Waals surface area contributed by atoms with Crippen molar-refractivity contribution < 1.29 is 12.8 Å². The smallest absolute Gasteiger partial charge is 0.273 e. The highest BCUT2D eigenvalue weighted by molar-refractivity contribution is 7.89. The van der Waals surface area contributed by atoms with Gasteiger partial charge in [0.05, 0.1) is 6.54 Å². The molecule has 7 heteroatoms. The van der Waals surface area contributed by atoms with Gasteiger partial charge < -0.3 is 9.73 Å². The highest BCUT2D eigenvalue weighted by Crippen LogP contribution is 2.13. The van der Waals surface area contributed by atoms with Crippen LogP contribution in [-0.4, -0.2) is 27.0 Å². The van der Waals surface area contributed by atoms with Crippen molar-refractivity contribution in [3.8, 4) is 0 Å². The normalized spacial score (nSPS) is 11.7. The number of aromatic nitrogens is 1. The standard InChI is InChI=1S/C13H17N3O3S/c1-14-10-12-2-3-13(19-12)20(17,18)16-9-6-11-4-7-15-8-5-11/h2-5,7-8,14,16H,6,9-10H2,1H3. The minimum atomic E-state index is -3.59. The fourth-order valence-electron chi connectivity index (χ4n) is 1.72. The van der Waals surface area contributed by atoms with Gasteiger partial charge in [-0.2, -0.15) is 0 Å². The Balaban J connectivity index is 1.93. The van der Waals surface area contributed by atoms with E-state index in [1.165, 1.54) is 6.07 Å². The van der Waals surface area contributed by atoms with E-state index in [4.69, 9.17) is 4.42 Å². The molecule has 6 nitrogen and oxygen atoms in total. The molecule has 0 bridgehead atoms. The maximum atomic E-state index is 12.0. The molecule has 0 atom stereocenters. The van der Waals surface area contributed by atoms with Crippen molar-refractivity contribution in [2.45, 2.75) is 18.1 Å². The zero-order valence-corrected chi connectivity index (χ0v) is 12.0. The van der Waals surface area contributed by atoms with Crippen molar-refractivity contribution in [3.05, 3.63) is 48.0 Å². The number of hydrogen-bond donors (Lipinski definition) is 2. The van der Waals surface area contributed by atoms with Crippen molar-refractivity contribution >= 4 is 10.0 Å². The van der Waals surface area contributed by atoms with E-state index >= 15 is 0 Å². The summed E-state index contributed by atoms with van der Waals surface area (Å²) in [6.45, 7) is 0.806. The third-order valence-corrected chi connectivity index (χ3v) is 4.04. The van der Waals surface area contributed by atoms with E-state index in [2.05, 4.69) is 15.0 Å². The number of rotatable bonds is 7. The molecule has 0 saturated heterocycles. The predicted octanol–water partition coefficient (Wildman–Crippen LogP) is 0.915. The molecule has 0 unspecified atom stereocenters. The van der Waals surface area contributed by atoms with E-state index in [0.717, 1.165) is 5.56 Å². The zero-order chi connectivity index (χ0) is 14.4. The van der Waals surface area contributed by atoms with Crippen LogP contribution in [0.25, 0.3) is 0 Å². The Bertz CT molecular complexity index is 638. The molecule has 0 saturated carbocycles. The second kappa shape index (κ2) is 6.65. The van der Waals surface area contributed by atoms with Gasteiger partial charge in [-0.25, -0.2) is 13.1 Å². The lowest BCUT2D eigenvalue weighted by Crippen LogP contribution is -2.25. The van der Waals surface area contributed by atoms with Gasteiger partial charge in [0.25, 0.3) is 10.0 Å². The molecular weight excluding hydrogens is 278 g/mol. The summed E-state index contributed by atoms with van der Waals surface area (Å²) in [7, 11) is -1.82. The van der Waals surface area contributed by atoms with Gasteiger partial charge in [0.1, 0.15) is 5.76 Å². The Hall–Kier alpha value is -1.70. The van der Waals surface area contributed by atoms with Crippen LogP contribution in [0.1, 0.15) is 11.3 Å². The van der Waals surface area contributed by atoms with Gasteiger partial charge in [-0.1, -0.05) is 0 Å². The largest absolute Gasteiger partial charge is 0.447 e. The van der Waals surface area contributed by atoms with E-state index in [1.54, 1.807) is 25.5 Å². The van der Waals surface area contributed by atoms with E-state index < -0.39 is 10.0 Å². The van der Waals surface area contributed by atoms with Gasteiger partial charge in [-0.15, -0.1) is 0 Å². The van der Waals surface area contributed by atoms with Gasteiger partial charge >= 0.3 is 0 Å². The Labute approximate surface area is 118 Å². The maximum absolute atomic E-state index is 12.0. The van der Waals surface area contributed by atoms with Crippen LogP contribution in [-0.2, 0) is 23.0 Å². The van der Waals surface area contributed by atoms with Crippen LogP contribution in [0.15, 0.2) is 46.2 Å². The summed E-state index contributed by atoms with van der Waals surface area (Å²) in [5, 5.41) is 2.84. The summed E-state index contributed by atoms with van der Waals surface area (Å²) in [5.41, 5.74) is 1.03. The molecule has 2 N–H and O–H groups in total. The molecule has 0 aliphatic carbocycles. The van der Waals surface area contributed by atoms with Crippen LogP contribution in [0.3, 0.4) is 0 Å². The van der Waals surface area contributed by atoms with Crippen LogP contribution in [0.5, 0.6) is 0 Å². The SMILES string of the molecule is CNCc1ccc(S(=O)(=O)NCCc2ccncc2)o1. The topological polar surface area (TPSA) is 84.2 Å². The van der Waals surface area contributed by atoms with Crippen LogP contribution in [0.2, 0.25) is 0 Å². The minimum absolute atomic E-state index is 0.0579. The number of pyridine rings is 1. The van der Waals surface area contributed by atoms with Gasteiger partial charge in [0, 0.05) is 18.9 Å². The van der Waals surface area contributed by atoms with Gasteiger partial charge in [-0.3, -0.25) is 4.98 Å². The average Bonchev–Trinajstić information content (AvgIpc) is 2.90. The minimum Gasteiger partial charge on any atom is -0.447 e. The van der Waals surface area contributed by atoms with E-state index in [-0.39, 0.29) is 5.09 Å². The van der Waals surface area contributed by atoms with Gasteiger partial charge in [0.2, 0.25) is 5.09 Å². The first kappa shape index (κ1) is 14.7. The van der Waals surface area contributed by atoms with Gasteiger partial charge in [-0.05, 0) is 43.3 Å². The summed E-state index contributed by atoms with van der Waals surface area (Å²) in [6, 6.07) is 6.81. The third kappa shape index (κ3) is 3.89. The first-order valence-corrected chi connectivity index (χ1v) is 7.72. The van der Waals surface area contributed by atoms with Gasteiger partial charge in [0.15, 0.2) is 0 Å². The van der Waals surface area contributed by atoms with Crippen molar-refractivity contribution in [1.82, 2.24) is 15.0 Å². The van der Waals surface area contributed by atoms with Crippen molar-refractivity contribution in [2.75, 3.05) is 13.6 Å². The van der Waals surface area contributed by atoms with E-state index in [0.29, 0.717) is 25.3 Å².